The van der Waals surface area contributed by atoms with Gasteiger partial charge in [-0.1, -0.05) is 55.8 Å². The zero-order valence-electron chi connectivity index (χ0n) is 16.7. The maximum atomic E-state index is 6.95. The maximum absolute atomic E-state index is 6.95. The molecule has 1 spiro atoms. The third-order valence-electron chi connectivity index (χ3n) is 8.46. The predicted octanol–water partition coefficient (Wildman–Crippen LogP) is 4.35. The van der Waals surface area contributed by atoms with E-state index in [0.717, 1.165) is 12.5 Å². The van der Waals surface area contributed by atoms with Crippen LogP contribution in [0.1, 0.15) is 51.5 Å². The van der Waals surface area contributed by atoms with Gasteiger partial charge in [-0.3, -0.25) is 4.90 Å². The largest absolute Gasteiger partial charge is 0.361 e. The number of ether oxygens (including phenoxy) is 2. The fourth-order valence-electron chi connectivity index (χ4n) is 7.09. The van der Waals surface area contributed by atoms with Gasteiger partial charge in [-0.25, -0.2) is 0 Å². The van der Waals surface area contributed by atoms with Crippen molar-refractivity contribution in [3.63, 3.8) is 0 Å². The Morgan fingerprint density at radius 3 is 2.74 bits per heavy atom. The van der Waals surface area contributed by atoms with Crippen LogP contribution in [0.3, 0.4) is 0 Å². The lowest BCUT2D eigenvalue weighted by Gasteiger charge is -2.56. The fourth-order valence-corrected chi connectivity index (χ4v) is 7.09. The van der Waals surface area contributed by atoms with E-state index < -0.39 is 0 Å². The monoisotopic (exact) mass is 365 g/mol. The van der Waals surface area contributed by atoms with E-state index in [-0.39, 0.29) is 23.5 Å². The van der Waals surface area contributed by atoms with Crippen LogP contribution in [0, 0.1) is 17.8 Å². The van der Waals surface area contributed by atoms with Crippen LogP contribution in [-0.2, 0) is 9.47 Å². The molecule has 1 saturated carbocycles. The summed E-state index contributed by atoms with van der Waals surface area (Å²) in [5.41, 5.74) is 1.41. The molecule has 27 heavy (non-hydrogen) atoms. The van der Waals surface area contributed by atoms with Gasteiger partial charge in [-0.2, -0.15) is 0 Å². The Balaban J connectivity index is 1.42. The van der Waals surface area contributed by atoms with Gasteiger partial charge in [-0.05, 0) is 38.2 Å². The van der Waals surface area contributed by atoms with Gasteiger partial charge in [0.05, 0.1) is 12.2 Å². The molecule has 4 fully saturated rings. The molecule has 3 heteroatoms. The number of rotatable bonds is 1. The Morgan fingerprint density at radius 2 is 1.93 bits per heavy atom. The third-order valence-corrected chi connectivity index (χ3v) is 8.46. The SMILES string of the molecule is C[C@@H]1CC[C@@H]2[C@@H](C1)O[C@H]1[C@H]3[C@H](c4ccccc4)[C@@H]4C=C[C@]3(CN1C2(C)C)O4. The lowest BCUT2D eigenvalue weighted by atomic mass is 9.69. The van der Waals surface area contributed by atoms with Crippen LogP contribution in [-0.4, -0.2) is 41.0 Å². The predicted molar refractivity (Wildman–Crippen MR) is 105 cm³/mol. The summed E-state index contributed by atoms with van der Waals surface area (Å²) in [6.07, 6.45) is 9.31. The fraction of sp³-hybridized carbons (Fsp3) is 0.667. The van der Waals surface area contributed by atoms with Crippen LogP contribution < -0.4 is 0 Å². The van der Waals surface area contributed by atoms with E-state index in [9.17, 15) is 0 Å². The first-order valence-electron chi connectivity index (χ1n) is 10.8. The summed E-state index contributed by atoms with van der Waals surface area (Å²) in [4.78, 5) is 2.66. The molecule has 1 aromatic rings. The van der Waals surface area contributed by atoms with Crippen LogP contribution in [0.4, 0.5) is 0 Å². The van der Waals surface area contributed by atoms with Gasteiger partial charge in [0.15, 0.2) is 0 Å². The van der Waals surface area contributed by atoms with Crippen LogP contribution in [0.2, 0.25) is 0 Å². The second kappa shape index (κ2) is 5.46. The highest BCUT2D eigenvalue weighted by Crippen LogP contribution is 2.61. The van der Waals surface area contributed by atoms with Crippen LogP contribution in [0.5, 0.6) is 0 Å². The smallest absolute Gasteiger partial charge is 0.118 e. The van der Waals surface area contributed by atoms with Crippen molar-refractivity contribution in [2.75, 3.05) is 6.54 Å². The second-order valence-electron chi connectivity index (χ2n) is 10.2. The van der Waals surface area contributed by atoms with Crippen LogP contribution in [0.25, 0.3) is 0 Å². The van der Waals surface area contributed by atoms with Crippen molar-refractivity contribution in [1.29, 1.82) is 0 Å². The highest BCUT2D eigenvalue weighted by molar-refractivity contribution is 5.37. The van der Waals surface area contributed by atoms with Gasteiger partial charge in [0.25, 0.3) is 0 Å². The number of nitrogens with zero attached hydrogens (tertiary/aromatic N) is 1. The highest BCUT2D eigenvalue weighted by atomic mass is 16.6. The number of benzene rings is 1. The summed E-state index contributed by atoms with van der Waals surface area (Å²) in [7, 11) is 0. The molecule has 6 rings (SSSR count). The van der Waals surface area contributed by atoms with Crippen molar-refractivity contribution < 1.29 is 9.47 Å². The summed E-state index contributed by atoms with van der Waals surface area (Å²) < 4.78 is 13.6. The molecule has 0 amide bonds. The lowest BCUT2D eigenvalue weighted by Crippen LogP contribution is -2.63. The summed E-state index contributed by atoms with van der Waals surface area (Å²) in [5, 5.41) is 0. The average Bonchev–Trinajstić information content (AvgIpc) is 3.30. The Bertz CT molecular complexity index is 774. The zero-order valence-corrected chi connectivity index (χ0v) is 16.7. The molecule has 0 radical (unpaired) electrons. The van der Waals surface area contributed by atoms with Crippen molar-refractivity contribution in [3.05, 3.63) is 48.0 Å². The molecule has 8 atom stereocenters. The zero-order chi connectivity index (χ0) is 18.4. The van der Waals surface area contributed by atoms with Crippen molar-refractivity contribution in [3.8, 4) is 0 Å². The molecule has 144 valence electrons. The topological polar surface area (TPSA) is 21.7 Å². The standard InChI is InChI=1S/C24H31NO2/c1-15-9-10-17-19(13-15)26-22-21-20(16-7-5-4-6-8-16)18-11-12-24(21,27-18)14-25(22)23(17,2)3/h4-8,11-12,15,17-22H,9-10,13-14H2,1-3H3/t15-,17-,18+,19-,20-,21-,22+,24-/m1/s1. The van der Waals surface area contributed by atoms with E-state index in [4.69, 9.17) is 9.47 Å². The summed E-state index contributed by atoms with van der Waals surface area (Å²) >= 11 is 0. The van der Waals surface area contributed by atoms with E-state index in [1.165, 1.54) is 24.8 Å². The molecule has 4 heterocycles. The van der Waals surface area contributed by atoms with E-state index in [1.54, 1.807) is 0 Å². The molecular formula is C24H31NO2. The Hall–Kier alpha value is -1.16. The number of hydrogen-bond donors (Lipinski definition) is 0. The van der Waals surface area contributed by atoms with Gasteiger partial charge in [0.1, 0.15) is 11.8 Å². The number of hydrogen-bond acceptors (Lipinski definition) is 3. The second-order valence-corrected chi connectivity index (χ2v) is 10.2. The van der Waals surface area contributed by atoms with Crippen molar-refractivity contribution in [2.24, 2.45) is 17.8 Å². The van der Waals surface area contributed by atoms with Gasteiger partial charge in [0, 0.05) is 29.8 Å². The van der Waals surface area contributed by atoms with Gasteiger partial charge < -0.3 is 9.47 Å². The summed E-state index contributed by atoms with van der Waals surface area (Å²) in [5.74, 6) is 2.22. The quantitative estimate of drug-likeness (QED) is 0.691. The maximum Gasteiger partial charge on any atom is 0.118 e. The first kappa shape index (κ1) is 16.8. The Kier molecular flexibility index (Phi) is 3.39. The lowest BCUT2D eigenvalue weighted by molar-refractivity contribution is -0.230. The van der Waals surface area contributed by atoms with E-state index >= 15 is 0 Å². The first-order chi connectivity index (χ1) is 13.0. The first-order valence-corrected chi connectivity index (χ1v) is 10.8. The van der Waals surface area contributed by atoms with Crippen molar-refractivity contribution >= 4 is 0 Å². The van der Waals surface area contributed by atoms with Gasteiger partial charge in [-0.15, -0.1) is 0 Å². The van der Waals surface area contributed by atoms with Crippen molar-refractivity contribution in [2.45, 2.75) is 75.5 Å². The molecule has 3 nitrogen and oxygen atoms in total. The minimum absolute atomic E-state index is 0.160. The molecule has 1 aliphatic carbocycles. The summed E-state index contributed by atoms with van der Waals surface area (Å²) in [6.45, 7) is 8.29. The van der Waals surface area contributed by atoms with E-state index in [1.807, 2.05) is 0 Å². The summed E-state index contributed by atoms with van der Waals surface area (Å²) in [6, 6.07) is 11.0. The molecular weight excluding hydrogens is 334 g/mol. The molecule has 4 aliphatic heterocycles. The molecule has 0 aromatic heterocycles. The normalized spacial score (nSPS) is 49.7. The van der Waals surface area contributed by atoms with Crippen LogP contribution >= 0.6 is 0 Å². The third kappa shape index (κ3) is 2.14. The molecule has 3 saturated heterocycles. The Morgan fingerprint density at radius 1 is 1.11 bits per heavy atom. The molecule has 5 aliphatic rings. The number of fused-ring (bicyclic) bond motifs is 4. The molecule has 0 unspecified atom stereocenters. The molecule has 2 bridgehead atoms. The van der Waals surface area contributed by atoms with Crippen molar-refractivity contribution in [1.82, 2.24) is 4.90 Å². The van der Waals surface area contributed by atoms with Gasteiger partial charge in [0.2, 0.25) is 0 Å². The van der Waals surface area contributed by atoms with Gasteiger partial charge >= 0.3 is 0 Å². The van der Waals surface area contributed by atoms with E-state index in [0.29, 0.717) is 23.9 Å². The van der Waals surface area contributed by atoms with Crippen LogP contribution in [0.15, 0.2) is 42.5 Å². The highest BCUT2D eigenvalue weighted by Gasteiger charge is 2.69. The average molecular weight is 366 g/mol. The Labute approximate surface area is 162 Å². The molecule has 1 aromatic carbocycles. The minimum Gasteiger partial charge on any atom is -0.361 e. The molecule has 0 N–H and O–H groups in total. The minimum atomic E-state index is -0.160. The van der Waals surface area contributed by atoms with E-state index in [2.05, 4.69) is 68.2 Å².